The standard InChI is InChI=1S/C25H18ClNO3/c1-2-15-8-10-16(11-9-15)22-21-23(28)19-14-17(26)12-13-20(19)30-24(21)25(29)27(22)18-6-4-3-5-7-18/h3-14,22H,2H2,1H3/t22-/m0/s1. The number of halogens is 1. The van der Waals surface area contributed by atoms with Crippen molar-refractivity contribution in [2.24, 2.45) is 0 Å². The molecule has 0 fully saturated rings. The summed E-state index contributed by atoms with van der Waals surface area (Å²) in [7, 11) is 0. The monoisotopic (exact) mass is 415 g/mol. The van der Waals surface area contributed by atoms with E-state index in [0.717, 1.165) is 12.0 Å². The van der Waals surface area contributed by atoms with E-state index < -0.39 is 6.04 Å². The second kappa shape index (κ2) is 7.15. The fraction of sp³-hybridized carbons (Fsp3) is 0.120. The first-order chi connectivity index (χ1) is 14.6. The van der Waals surface area contributed by atoms with Gasteiger partial charge in [-0.3, -0.25) is 14.5 Å². The number of amides is 1. The molecule has 0 aliphatic carbocycles. The molecule has 0 saturated carbocycles. The normalized spacial score (nSPS) is 15.6. The fourth-order valence-corrected chi connectivity index (χ4v) is 4.22. The minimum absolute atomic E-state index is 0.0863. The highest BCUT2D eigenvalue weighted by atomic mass is 35.5. The van der Waals surface area contributed by atoms with Crippen molar-refractivity contribution in [2.75, 3.05) is 4.90 Å². The second-order valence-electron chi connectivity index (χ2n) is 7.32. The number of aryl methyl sites for hydroxylation is 1. The van der Waals surface area contributed by atoms with E-state index in [4.69, 9.17) is 16.0 Å². The van der Waals surface area contributed by atoms with Crippen LogP contribution < -0.4 is 10.3 Å². The zero-order valence-corrected chi connectivity index (χ0v) is 17.0. The van der Waals surface area contributed by atoms with Crippen molar-refractivity contribution >= 4 is 34.2 Å². The lowest BCUT2D eigenvalue weighted by Crippen LogP contribution is -2.29. The maximum Gasteiger partial charge on any atom is 0.295 e. The van der Waals surface area contributed by atoms with Crippen molar-refractivity contribution in [2.45, 2.75) is 19.4 Å². The summed E-state index contributed by atoms with van der Waals surface area (Å²) in [6, 6.07) is 21.7. The predicted octanol–water partition coefficient (Wildman–Crippen LogP) is 5.76. The molecule has 30 heavy (non-hydrogen) atoms. The van der Waals surface area contributed by atoms with Gasteiger partial charge in [-0.25, -0.2) is 0 Å². The lowest BCUT2D eigenvalue weighted by molar-refractivity contribution is 0.0971. The van der Waals surface area contributed by atoms with E-state index in [-0.39, 0.29) is 17.1 Å². The molecular weight excluding hydrogens is 398 g/mol. The van der Waals surface area contributed by atoms with Gasteiger partial charge in [-0.15, -0.1) is 0 Å². The van der Waals surface area contributed by atoms with Crippen molar-refractivity contribution in [1.29, 1.82) is 0 Å². The van der Waals surface area contributed by atoms with Gasteiger partial charge in [0.25, 0.3) is 5.91 Å². The summed E-state index contributed by atoms with van der Waals surface area (Å²) in [6.07, 6.45) is 0.911. The molecule has 0 unspecified atom stereocenters. The van der Waals surface area contributed by atoms with Gasteiger partial charge in [0.15, 0.2) is 5.43 Å². The SMILES string of the molecule is CCc1ccc([C@H]2c3c(oc4ccc(Cl)cc4c3=O)C(=O)N2c2ccccc2)cc1. The van der Waals surface area contributed by atoms with Crippen LogP contribution in [0.1, 0.15) is 40.2 Å². The number of benzene rings is 3. The number of fused-ring (bicyclic) bond motifs is 2. The Morgan fingerprint density at radius 1 is 0.967 bits per heavy atom. The largest absolute Gasteiger partial charge is 0.450 e. The summed E-state index contributed by atoms with van der Waals surface area (Å²) >= 11 is 6.12. The predicted molar refractivity (Wildman–Crippen MR) is 118 cm³/mol. The van der Waals surface area contributed by atoms with Gasteiger partial charge in [0.05, 0.1) is 17.0 Å². The van der Waals surface area contributed by atoms with Crippen molar-refractivity contribution in [3.8, 4) is 0 Å². The Morgan fingerprint density at radius 2 is 1.70 bits per heavy atom. The van der Waals surface area contributed by atoms with Gasteiger partial charge >= 0.3 is 0 Å². The van der Waals surface area contributed by atoms with Crippen molar-refractivity contribution in [1.82, 2.24) is 0 Å². The molecule has 0 saturated heterocycles. The third-order valence-electron chi connectivity index (χ3n) is 5.57. The van der Waals surface area contributed by atoms with Crippen LogP contribution in [0.3, 0.4) is 0 Å². The van der Waals surface area contributed by atoms with Gasteiger partial charge in [0.2, 0.25) is 5.76 Å². The Balaban J connectivity index is 1.80. The molecule has 5 rings (SSSR count). The van der Waals surface area contributed by atoms with Crippen LogP contribution in [-0.2, 0) is 6.42 Å². The molecule has 4 nitrogen and oxygen atoms in total. The van der Waals surface area contributed by atoms with Crippen molar-refractivity contribution in [3.05, 3.63) is 110 Å². The molecule has 1 amide bonds. The van der Waals surface area contributed by atoms with Crippen LogP contribution in [0.25, 0.3) is 11.0 Å². The van der Waals surface area contributed by atoms with Gasteiger partial charge in [0.1, 0.15) is 5.58 Å². The molecule has 0 N–H and O–H groups in total. The Hall–Kier alpha value is -3.37. The van der Waals surface area contributed by atoms with E-state index >= 15 is 0 Å². The van der Waals surface area contributed by atoms with Crippen LogP contribution >= 0.6 is 11.6 Å². The third kappa shape index (κ3) is 2.84. The molecule has 1 aliphatic heterocycles. The molecule has 5 heteroatoms. The van der Waals surface area contributed by atoms with Crippen LogP contribution in [0.2, 0.25) is 5.02 Å². The highest BCUT2D eigenvalue weighted by Crippen LogP contribution is 2.41. The molecule has 1 aromatic heterocycles. The first-order valence-corrected chi connectivity index (χ1v) is 10.2. The lowest BCUT2D eigenvalue weighted by Gasteiger charge is -2.25. The van der Waals surface area contributed by atoms with Gasteiger partial charge in [-0.05, 0) is 47.9 Å². The third-order valence-corrected chi connectivity index (χ3v) is 5.81. The maximum atomic E-state index is 13.5. The van der Waals surface area contributed by atoms with Gasteiger partial charge < -0.3 is 4.42 Å². The number of carbonyl (C=O) groups is 1. The van der Waals surface area contributed by atoms with Crippen molar-refractivity contribution in [3.63, 3.8) is 0 Å². The summed E-state index contributed by atoms with van der Waals surface area (Å²) in [5, 5.41) is 0.821. The molecule has 2 heterocycles. The molecule has 0 radical (unpaired) electrons. The topological polar surface area (TPSA) is 50.5 Å². The maximum absolute atomic E-state index is 13.5. The quantitative estimate of drug-likeness (QED) is 0.427. The molecular formula is C25H18ClNO3. The van der Waals surface area contributed by atoms with E-state index in [1.165, 1.54) is 5.56 Å². The summed E-state index contributed by atoms with van der Waals surface area (Å²) in [5.41, 5.74) is 3.23. The molecule has 0 bridgehead atoms. The highest BCUT2D eigenvalue weighted by molar-refractivity contribution is 6.31. The summed E-state index contributed by atoms with van der Waals surface area (Å²) < 4.78 is 5.95. The van der Waals surface area contributed by atoms with Gasteiger partial charge in [-0.1, -0.05) is 61.0 Å². The zero-order valence-electron chi connectivity index (χ0n) is 16.3. The molecule has 4 aromatic rings. The Morgan fingerprint density at radius 3 is 2.40 bits per heavy atom. The molecule has 0 spiro atoms. The van der Waals surface area contributed by atoms with Crippen LogP contribution in [0, 0.1) is 0 Å². The number of hydrogen-bond acceptors (Lipinski definition) is 3. The Labute approximate surface area is 178 Å². The van der Waals surface area contributed by atoms with E-state index in [1.54, 1.807) is 23.1 Å². The number of rotatable bonds is 3. The van der Waals surface area contributed by atoms with E-state index in [0.29, 0.717) is 27.2 Å². The van der Waals surface area contributed by atoms with Crippen LogP contribution in [0.4, 0.5) is 5.69 Å². The molecule has 3 aromatic carbocycles. The van der Waals surface area contributed by atoms with E-state index in [2.05, 4.69) is 6.92 Å². The summed E-state index contributed by atoms with van der Waals surface area (Å²) in [6.45, 7) is 2.09. The van der Waals surface area contributed by atoms with Crippen molar-refractivity contribution < 1.29 is 9.21 Å². The van der Waals surface area contributed by atoms with Crippen LogP contribution in [-0.4, -0.2) is 5.91 Å². The van der Waals surface area contributed by atoms with E-state index in [1.807, 2.05) is 54.6 Å². The average molecular weight is 416 g/mol. The average Bonchev–Trinajstić information content (AvgIpc) is 3.07. The smallest absolute Gasteiger partial charge is 0.295 e. The number of anilines is 1. The second-order valence-corrected chi connectivity index (χ2v) is 7.76. The lowest BCUT2D eigenvalue weighted by atomic mass is 9.97. The Kier molecular flexibility index (Phi) is 4.44. The minimum Gasteiger partial charge on any atom is -0.450 e. The van der Waals surface area contributed by atoms with Crippen LogP contribution in [0.15, 0.2) is 82.0 Å². The Bertz CT molecular complexity index is 1330. The van der Waals surface area contributed by atoms with Gasteiger partial charge in [0, 0.05) is 10.7 Å². The number of nitrogens with zero attached hydrogens (tertiary/aromatic N) is 1. The van der Waals surface area contributed by atoms with Crippen LogP contribution in [0.5, 0.6) is 0 Å². The molecule has 1 atom stereocenters. The van der Waals surface area contributed by atoms with Gasteiger partial charge in [-0.2, -0.15) is 0 Å². The molecule has 1 aliphatic rings. The first-order valence-electron chi connectivity index (χ1n) is 9.82. The zero-order chi connectivity index (χ0) is 20.8. The number of carbonyl (C=O) groups excluding carboxylic acids is 1. The number of hydrogen-bond donors (Lipinski definition) is 0. The molecule has 148 valence electrons. The fourth-order valence-electron chi connectivity index (χ4n) is 4.05. The minimum atomic E-state index is -0.569. The number of para-hydroxylation sites is 1. The summed E-state index contributed by atoms with van der Waals surface area (Å²) in [4.78, 5) is 28.6. The summed E-state index contributed by atoms with van der Waals surface area (Å²) in [5.74, 6) is -0.238. The van der Waals surface area contributed by atoms with E-state index in [9.17, 15) is 9.59 Å². The highest BCUT2D eigenvalue weighted by Gasteiger charge is 2.43. The first kappa shape index (κ1) is 18.6.